The van der Waals surface area contributed by atoms with Gasteiger partial charge in [-0.2, -0.15) is 0 Å². The maximum absolute atomic E-state index is 13.2. The summed E-state index contributed by atoms with van der Waals surface area (Å²) >= 11 is 0. The normalized spacial score (nSPS) is 22.0. The monoisotopic (exact) mass is 391 g/mol. The Hall–Kier alpha value is -1.89. The summed E-state index contributed by atoms with van der Waals surface area (Å²) in [5.41, 5.74) is 0.548. The number of sulfonamides is 1. The van der Waals surface area contributed by atoms with Crippen molar-refractivity contribution < 1.29 is 13.2 Å². The number of likely N-dealkylation sites (tertiary alicyclic amines) is 1. The number of rotatable bonds is 4. The molecule has 3 rings (SSSR count). The van der Waals surface area contributed by atoms with E-state index in [1.807, 2.05) is 4.90 Å². The van der Waals surface area contributed by atoms with Gasteiger partial charge in [0.1, 0.15) is 11.9 Å². The number of benzene rings is 1. The maximum atomic E-state index is 13.2. The molecule has 1 aromatic rings. The lowest BCUT2D eigenvalue weighted by Crippen LogP contribution is -2.41. The number of fused-ring (bicyclic) bond motifs is 1. The summed E-state index contributed by atoms with van der Waals surface area (Å²) < 4.78 is 27.2. The van der Waals surface area contributed by atoms with Crippen LogP contribution in [0.15, 0.2) is 34.2 Å². The van der Waals surface area contributed by atoms with Crippen LogP contribution in [0.1, 0.15) is 57.9 Å². The number of hydrogen-bond donors (Lipinski definition) is 1. The van der Waals surface area contributed by atoms with Crippen LogP contribution in [0.2, 0.25) is 0 Å². The zero-order valence-electron chi connectivity index (χ0n) is 16.1. The highest BCUT2D eigenvalue weighted by molar-refractivity contribution is 7.90. The van der Waals surface area contributed by atoms with Gasteiger partial charge in [-0.3, -0.25) is 14.5 Å². The second-order valence-electron chi connectivity index (χ2n) is 7.82. The fourth-order valence-corrected chi connectivity index (χ4v) is 4.96. The van der Waals surface area contributed by atoms with Gasteiger partial charge in [0.05, 0.1) is 4.90 Å². The predicted octanol–water partition coefficient (Wildman–Crippen LogP) is 2.93. The van der Waals surface area contributed by atoms with E-state index in [1.54, 1.807) is 24.3 Å². The van der Waals surface area contributed by atoms with Crippen LogP contribution >= 0.6 is 0 Å². The van der Waals surface area contributed by atoms with E-state index in [2.05, 4.69) is 23.6 Å². The van der Waals surface area contributed by atoms with E-state index in [-0.39, 0.29) is 22.6 Å². The zero-order chi connectivity index (χ0) is 19.4. The molecule has 0 aromatic heterocycles. The molecular formula is C20H29N3O3S. The first-order valence-electron chi connectivity index (χ1n) is 9.87. The molecule has 0 saturated carbocycles. The molecule has 1 atom stereocenters. The molecule has 0 spiro atoms. The molecule has 0 bridgehead atoms. The number of carbonyl (C=O) groups excluding carboxylic acids is 1. The first-order chi connectivity index (χ1) is 12.9. The first kappa shape index (κ1) is 19.9. The molecule has 0 aliphatic carbocycles. The first-order valence-corrected chi connectivity index (χ1v) is 11.4. The van der Waals surface area contributed by atoms with E-state index in [0.717, 1.165) is 38.8 Å². The lowest BCUT2D eigenvalue weighted by atomic mass is 10.0. The second-order valence-corrected chi connectivity index (χ2v) is 9.47. The summed E-state index contributed by atoms with van der Waals surface area (Å²) in [7, 11) is -3.60. The standard InChI is InChI=1S/C20H29N3O3S/c1-15(2)14-17(20(24)23-12-8-4-3-5-9-13-23)21-19-16-10-6-7-11-18(16)27(25,26)22-19/h6-7,10-11,15,17H,3-5,8-9,12-14H2,1-2H3,(H,21,22). The second kappa shape index (κ2) is 8.42. The van der Waals surface area contributed by atoms with Gasteiger partial charge in [-0.1, -0.05) is 45.2 Å². The van der Waals surface area contributed by atoms with E-state index in [4.69, 9.17) is 0 Å². The van der Waals surface area contributed by atoms with Crippen molar-refractivity contribution in [3.05, 3.63) is 29.8 Å². The molecule has 1 saturated heterocycles. The van der Waals surface area contributed by atoms with Gasteiger partial charge >= 0.3 is 0 Å². The number of hydrogen-bond acceptors (Lipinski definition) is 4. The van der Waals surface area contributed by atoms with Crippen molar-refractivity contribution in [2.24, 2.45) is 10.9 Å². The Morgan fingerprint density at radius 2 is 1.74 bits per heavy atom. The largest absolute Gasteiger partial charge is 0.341 e. The van der Waals surface area contributed by atoms with Gasteiger partial charge in [0.25, 0.3) is 10.0 Å². The van der Waals surface area contributed by atoms with Crippen LogP contribution in [0.4, 0.5) is 0 Å². The molecule has 2 aliphatic heterocycles. The molecule has 1 N–H and O–H groups in total. The number of nitrogens with one attached hydrogen (secondary N) is 1. The predicted molar refractivity (Wildman–Crippen MR) is 106 cm³/mol. The third kappa shape index (κ3) is 4.69. The summed E-state index contributed by atoms with van der Waals surface area (Å²) in [6.45, 7) is 5.64. The Kier molecular flexibility index (Phi) is 6.19. The Morgan fingerprint density at radius 3 is 2.41 bits per heavy atom. The molecule has 7 heteroatoms. The lowest BCUT2D eigenvalue weighted by Gasteiger charge is -2.28. The zero-order valence-corrected chi connectivity index (χ0v) is 17.0. The number of nitrogens with zero attached hydrogens (tertiary/aromatic N) is 2. The summed E-state index contributed by atoms with van der Waals surface area (Å²) in [6, 6.07) is 6.22. The minimum Gasteiger partial charge on any atom is -0.341 e. The highest BCUT2D eigenvalue weighted by Gasteiger charge is 2.33. The molecule has 2 aliphatic rings. The molecule has 2 heterocycles. The number of aliphatic imine (C=N–C) groups is 1. The van der Waals surface area contributed by atoms with Crippen molar-refractivity contribution in [2.75, 3.05) is 13.1 Å². The molecule has 1 fully saturated rings. The maximum Gasteiger partial charge on any atom is 0.263 e. The Morgan fingerprint density at radius 1 is 1.11 bits per heavy atom. The van der Waals surface area contributed by atoms with Gasteiger partial charge in [0.15, 0.2) is 0 Å². The van der Waals surface area contributed by atoms with Crippen LogP contribution in [-0.4, -0.2) is 44.2 Å². The van der Waals surface area contributed by atoms with Crippen LogP contribution in [-0.2, 0) is 14.8 Å². The van der Waals surface area contributed by atoms with Crippen molar-refractivity contribution in [3.8, 4) is 0 Å². The van der Waals surface area contributed by atoms with E-state index in [1.165, 1.54) is 6.42 Å². The number of amidine groups is 1. The third-order valence-corrected chi connectivity index (χ3v) is 6.49. The van der Waals surface area contributed by atoms with Crippen molar-refractivity contribution >= 4 is 21.8 Å². The lowest BCUT2D eigenvalue weighted by molar-refractivity contribution is -0.133. The highest BCUT2D eigenvalue weighted by atomic mass is 32.2. The molecule has 1 unspecified atom stereocenters. The molecule has 6 nitrogen and oxygen atoms in total. The van der Waals surface area contributed by atoms with Crippen molar-refractivity contribution in [3.63, 3.8) is 0 Å². The summed E-state index contributed by atoms with van der Waals surface area (Å²) in [4.78, 5) is 20.0. The molecule has 0 radical (unpaired) electrons. The molecule has 148 valence electrons. The number of amides is 1. The average Bonchev–Trinajstić information content (AvgIpc) is 2.84. The van der Waals surface area contributed by atoms with Gasteiger partial charge in [-0.25, -0.2) is 8.42 Å². The summed E-state index contributed by atoms with van der Waals surface area (Å²) in [5, 5.41) is 0. The fourth-order valence-electron chi connectivity index (χ4n) is 3.72. The molecule has 1 aromatic carbocycles. The van der Waals surface area contributed by atoms with Crippen LogP contribution in [0, 0.1) is 5.92 Å². The molecule has 27 heavy (non-hydrogen) atoms. The van der Waals surface area contributed by atoms with Gasteiger partial charge in [-0.15, -0.1) is 0 Å². The van der Waals surface area contributed by atoms with E-state index >= 15 is 0 Å². The molecule has 1 amide bonds. The van der Waals surface area contributed by atoms with Gasteiger partial charge in [0.2, 0.25) is 5.91 Å². The van der Waals surface area contributed by atoms with Crippen LogP contribution in [0.25, 0.3) is 0 Å². The van der Waals surface area contributed by atoms with E-state index < -0.39 is 16.1 Å². The SMILES string of the molecule is CC(C)CC(N=C1NS(=O)(=O)c2ccccc21)C(=O)N1CCCCCCC1. The Balaban J connectivity index is 1.89. The summed E-state index contributed by atoms with van der Waals surface area (Å²) in [5.74, 6) is 0.588. The van der Waals surface area contributed by atoms with Crippen LogP contribution in [0.3, 0.4) is 0 Å². The fraction of sp³-hybridized carbons (Fsp3) is 0.600. The Bertz CT molecular complexity index is 810. The Labute approximate surface area is 162 Å². The molecular weight excluding hydrogens is 362 g/mol. The quantitative estimate of drug-likeness (QED) is 0.857. The van der Waals surface area contributed by atoms with Crippen LogP contribution < -0.4 is 4.72 Å². The van der Waals surface area contributed by atoms with Crippen molar-refractivity contribution in [1.82, 2.24) is 9.62 Å². The minimum absolute atomic E-state index is 0.0154. The van der Waals surface area contributed by atoms with Gasteiger partial charge in [-0.05, 0) is 37.3 Å². The number of carbonyl (C=O) groups is 1. The average molecular weight is 392 g/mol. The van der Waals surface area contributed by atoms with Crippen LogP contribution in [0.5, 0.6) is 0 Å². The van der Waals surface area contributed by atoms with Gasteiger partial charge in [0, 0.05) is 18.7 Å². The third-order valence-electron chi connectivity index (χ3n) is 5.10. The smallest absolute Gasteiger partial charge is 0.263 e. The topological polar surface area (TPSA) is 78.8 Å². The van der Waals surface area contributed by atoms with Gasteiger partial charge < -0.3 is 4.90 Å². The van der Waals surface area contributed by atoms with E-state index in [0.29, 0.717) is 12.0 Å². The van der Waals surface area contributed by atoms with Crippen molar-refractivity contribution in [2.45, 2.75) is 63.3 Å². The minimum atomic E-state index is -3.60. The summed E-state index contributed by atoms with van der Waals surface area (Å²) in [6.07, 6.45) is 6.18. The van der Waals surface area contributed by atoms with E-state index in [9.17, 15) is 13.2 Å². The van der Waals surface area contributed by atoms with Crippen molar-refractivity contribution in [1.29, 1.82) is 0 Å². The highest BCUT2D eigenvalue weighted by Crippen LogP contribution is 2.24.